The fourth-order valence-electron chi connectivity index (χ4n) is 3.88. The van der Waals surface area contributed by atoms with E-state index in [1.807, 2.05) is 6.20 Å². The van der Waals surface area contributed by atoms with Crippen molar-refractivity contribution >= 4 is 0 Å². The standard InChI is InChI=1S/C16H28N4/c1-2-17-14-7-5-3-4-6-8-15(14)20-12-11-19-10-9-18-16(19)13-20/h9-10,14-15,17H,2-8,11-13H2,1H3. The lowest BCUT2D eigenvalue weighted by Gasteiger charge is -2.40. The lowest BCUT2D eigenvalue weighted by molar-refractivity contribution is 0.103. The molecule has 4 heteroatoms. The first-order chi connectivity index (χ1) is 9.88. The van der Waals surface area contributed by atoms with Gasteiger partial charge in [-0.25, -0.2) is 4.98 Å². The van der Waals surface area contributed by atoms with Gasteiger partial charge in [0.2, 0.25) is 0 Å². The highest BCUT2D eigenvalue weighted by Gasteiger charge is 2.30. The smallest absolute Gasteiger partial charge is 0.122 e. The van der Waals surface area contributed by atoms with Crippen LogP contribution in [0.4, 0.5) is 0 Å². The van der Waals surface area contributed by atoms with E-state index < -0.39 is 0 Å². The number of nitrogens with one attached hydrogen (secondary N) is 1. The van der Waals surface area contributed by atoms with Gasteiger partial charge in [0.1, 0.15) is 5.82 Å². The van der Waals surface area contributed by atoms with Crippen LogP contribution in [0.2, 0.25) is 0 Å². The second-order valence-electron chi connectivity index (χ2n) is 6.23. The number of hydrogen-bond donors (Lipinski definition) is 1. The van der Waals surface area contributed by atoms with E-state index in [9.17, 15) is 0 Å². The predicted molar refractivity (Wildman–Crippen MR) is 81.6 cm³/mol. The summed E-state index contributed by atoms with van der Waals surface area (Å²) in [6.45, 7) is 6.63. The van der Waals surface area contributed by atoms with Gasteiger partial charge >= 0.3 is 0 Å². The zero-order valence-electron chi connectivity index (χ0n) is 12.7. The number of likely N-dealkylation sites (N-methyl/N-ethyl adjacent to an activating group) is 1. The zero-order valence-corrected chi connectivity index (χ0v) is 12.7. The summed E-state index contributed by atoms with van der Waals surface area (Å²) in [4.78, 5) is 7.20. The summed E-state index contributed by atoms with van der Waals surface area (Å²) in [6.07, 6.45) is 12.3. The Morgan fingerprint density at radius 2 is 2.05 bits per heavy atom. The van der Waals surface area contributed by atoms with Gasteiger partial charge in [0.05, 0.1) is 6.54 Å². The molecule has 0 bridgehead atoms. The first-order valence-electron chi connectivity index (χ1n) is 8.36. The van der Waals surface area contributed by atoms with Gasteiger partial charge in [-0.1, -0.05) is 32.6 Å². The van der Waals surface area contributed by atoms with Crippen LogP contribution >= 0.6 is 0 Å². The average Bonchev–Trinajstić information content (AvgIpc) is 2.89. The quantitative estimate of drug-likeness (QED) is 0.920. The molecule has 2 heterocycles. The van der Waals surface area contributed by atoms with Crippen molar-refractivity contribution in [2.75, 3.05) is 13.1 Å². The predicted octanol–water partition coefficient (Wildman–Crippen LogP) is 2.40. The topological polar surface area (TPSA) is 33.1 Å². The SMILES string of the molecule is CCNC1CCCCCCC1N1CCn2ccnc2C1. The molecule has 0 radical (unpaired) electrons. The number of imidazole rings is 1. The lowest BCUT2D eigenvalue weighted by atomic mass is 9.90. The third-order valence-corrected chi connectivity index (χ3v) is 4.94. The van der Waals surface area contributed by atoms with E-state index in [1.165, 1.54) is 50.9 Å². The van der Waals surface area contributed by atoms with Crippen molar-refractivity contribution in [3.8, 4) is 0 Å². The number of aromatic nitrogens is 2. The Bertz CT molecular complexity index is 414. The fourth-order valence-corrected chi connectivity index (χ4v) is 3.88. The second kappa shape index (κ2) is 6.72. The van der Waals surface area contributed by atoms with Crippen LogP contribution in [0.1, 0.15) is 51.3 Å². The molecule has 1 aliphatic heterocycles. The Balaban J connectivity index is 1.71. The summed E-state index contributed by atoms with van der Waals surface area (Å²) < 4.78 is 2.31. The van der Waals surface area contributed by atoms with E-state index in [4.69, 9.17) is 0 Å². The van der Waals surface area contributed by atoms with Crippen molar-refractivity contribution in [1.82, 2.24) is 19.8 Å². The van der Waals surface area contributed by atoms with Crippen LogP contribution in [0.3, 0.4) is 0 Å². The Labute approximate surface area is 122 Å². The molecule has 1 saturated carbocycles. The maximum absolute atomic E-state index is 4.52. The third-order valence-electron chi connectivity index (χ3n) is 4.94. The van der Waals surface area contributed by atoms with Gasteiger partial charge in [-0.15, -0.1) is 0 Å². The van der Waals surface area contributed by atoms with Crippen molar-refractivity contribution < 1.29 is 0 Å². The molecule has 4 nitrogen and oxygen atoms in total. The fraction of sp³-hybridized carbons (Fsp3) is 0.812. The lowest BCUT2D eigenvalue weighted by Crippen LogP contribution is -2.52. The molecule has 1 N–H and O–H groups in total. The van der Waals surface area contributed by atoms with Gasteiger partial charge in [0.25, 0.3) is 0 Å². The van der Waals surface area contributed by atoms with E-state index in [2.05, 4.69) is 32.9 Å². The van der Waals surface area contributed by atoms with E-state index in [1.54, 1.807) is 0 Å². The van der Waals surface area contributed by atoms with Crippen molar-refractivity contribution in [1.29, 1.82) is 0 Å². The summed E-state index contributed by atoms with van der Waals surface area (Å²) in [5.41, 5.74) is 0. The highest BCUT2D eigenvalue weighted by molar-refractivity contribution is 4.98. The van der Waals surface area contributed by atoms with E-state index in [0.717, 1.165) is 19.6 Å². The summed E-state index contributed by atoms with van der Waals surface area (Å²) in [5.74, 6) is 1.24. The van der Waals surface area contributed by atoms with Crippen LogP contribution in [-0.4, -0.2) is 39.6 Å². The molecule has 1 aromatic heterocycles. The summed E-state index contributed by atoms with van der Waals surface area (Å²) in [7, 11) is 0. The second-order valence-corrected chi connectivity index (χ2v) is 6.23. The number of hydrogen-bond acceptors (Lipinski definition) is 3. The third kappa shape index (κ3) is 3.07. The molecule has 2 unspecified atom stereocenters. The van der Waals surface area contributed by atoms with Crippen LogP contribution in [0, 0.1) is 0 Å². The van der Waals surface area contributed by atoms with Gasteiger partial charge < -0.3 is 9.88 Å². The number of nitrogens with zero attached hydrogens (tertiary/aromatic N) is 3. The molecule has 0 spiro atoms. The van der Waals surface area contributed by atoms with Crippen LogP contribution in [0.15, 0.2) is 12.4 Å². The Kier molecular flexibility index (Phi) is 4.73. The molecule has 1 fully saturated rings. The largest absolute Gasteiger partial charge is 0.333 e. The molecule has 1 aliphatic carbocycles. The first kappa shape index (κ1) is 14.1. The molecular weight excluding hydrogens is 248 g/mol. The van der Waals surface area contributed by atoms with Crippen LogP contribution in [-0.2, 0) is 13.1 Å². The molecule has 2 aliphatic rings. The summed E-state index contributed by atoms with van der Waals surface area (Å²) >= 11 is 0. The van der Waals surface area contributed by atoms with Crippen molar-refractivity contribution in [2.45, 2.75) is 70.6 Å². The van der Waals surface area contributed by atoms with Gasteiger partial charge in [-0.3, -0.25) is 4.90 Å². The van der Waals surface area contributed by atoms with Gasteiger partial charge in [-0.2, -0.15) is 0 Å². The normalized spacial score (nSPS) is 28.6. The minimum atomic E-state index is 0.668. The Morgan fingerprint density at radius 1 is 1.20 bits per heavy atom. The molecule has 3 rings (SSSR count). The molecule has 0 amide bonds. The molecule has 2 atom stereocenters. The molecule has 112 valence electrons. The zero-order chi connectivity index (χ0) is 13.8. The first-order valence-corrected chi connectivity index (χ1v) is 8.36. The van der Waals surface area contributed by atoms with Gasteiger partial charge in [0.15, 0.2) is 0 Å². The minimum absolute atomic E-state index is 0.668. The number of fused-ring (bicyclic) bond motifs is 1. The molecular formula is C16H28N4. The van der Waals surface area contributed by atoms with E-state index in [0.29, 0.717) is 12.1 Å². The van der Waals surface area contributed by atoms with Gasteiger partial charge in [-0.05, 0) is 19.4 Å². The Morgan fingerprint density at radius 3 is 2.90 bits per heavy atom. The van der Waals surface area contributed by atoms with E-state index >= 15 is 0 Å². The maximum Gasteiger partial charge on any atom is 0.122 e. The minimum Gasteiger partial charge on any atom is -0.333 e. The molecule has 0 aromatic carbocycles. The van der Waals surface area contributed by atoms with Crippen LogP contribution < -0.4 is 5.32 Å². The van der Waals surface area contributed by atoms with E-state index in [-0.39, 0.29) is 0 Å². The van der Waals surface area contributed by atoms with Crippen molar-refractivity contribution in [2.24, 2.45) is 0 Å². The highest BCUT2D eigenvalue weighted by atomic mass is 15.3. The molecule has 20 heavy (non-hydrogen) atoms. The summed E-state index contributed by atoms with van der Waals surface area (Å²) in [5, 5.41) is 3.75. The average molecular weight is 276 g/mol. The maximum atomic E-state index is 4.52. The molecule has 1 aromatic rings. The van der Waals surface area contributed by atoms with Crippen molar-refractivity contribution in [3.05, 3.63) is 18.2 Å². The summed E-state index contributed by atoms with van der Waals surface area (Å²) in [6, 6.07) is 1.36. The monoisotopic (exact) mass is 276 g/mol. The Hall–Kier alpha value is -0.870. The van der Waals surface area contributed by atoms with Crippen LogP contribution in [0.25, 0.3) is 0 Å². The highest BCUT2D eigenvalue weighted by Crippen LogP contribution is 2.25. The van der Waals surface area contributed by atoms with Crippen molar-refractivity contribution in [3.63, 3.8) is 0 Å². The van der Waals surface area contributed by atoms with Gasteiger partial charge in [0, 0.05) is 37.6 Å². The molecule has 0 saturated heterocycles. The number of rotatable bonds is 3. The van der Waals surface area contributed by atoms with Crippen LogP contribution in [0.5, 0.6) is 0 Å².